The van der Waals surface area contributed by atoms with Crippen molar-refractivity contribution < 1.29 is 14.3 Å². The van der Waals surface area contributed by atoms with E-state index in [1.165, 1.54) is 0 Å². The molecule has 0 saturated carbocycles. The zero-order valence-corrected chi connectivity index (χ0v) is 13.2. The number of nitrogens with zero attached hydrogens (tertiary/aromatic N) is 3. The van der Waals surface area contributed by atoms with Crippen LogP contribution < -0.4 is 5.32 Å². The van der Waals surface area contributed by atoms with Crippen LogP contribution in [0.1, 0.15) is 18.7 Å². The molecule has 3 heterocycles. The smallest absolute Gasteiger partial charge is 0.245 e. The van der Waals surface area contributed by atoms with Crippen molar-refractivity contribution in [2.75, 3.05) is 33.4 Å². The SMILES string of the molecule is CNC(=O)CO[C@@H]1CO[C@@]2(CCN(Cc3nccn3C)C2)C1. The van der Waals surface area contributed by atoms with Gasteiger partial charge in [-0.2, -0.15) is 0 Å². The number of hydrogen-bond acceptors (Lipinski definition) is 5. The Hall–Kier alpha value is -1.44. The number of carbonyl (C=O) groups is 1. The summed E-state index contributed by atoms with van der Waals surface area (Å²) >= 11 is 0. The highest BCUT2D eigenvalue weighted by atomic mass is 16.6. The number of amides is 1. The molecule has 1 aromatic heterocycles. The fourth-order valence-electron chi connectivity index (χ4n) is 3.27. The van der Waals surface area contributed by atoms with E-state index in [0.29, 0.717) is 6.61 Å². The minimum atomic E-state index is -0.113. The van der Waals surface area contributed by atoms with Crippen LogP contribution in [0.2, 0.25) is 0 Å². The summed E-state index contributed by atoms with van der Waals surface area (Å²) in [5, 5.41) is 2.56. The van der Waals surface area contributed by atoms with Crippen LogP contribution in [0.25, 0.3) is 0 Å². The molecule has 1 amide bonds. The molecule has 0 unspecified atom stereocenters. The van der Waals surface area contributed by atoms with E-state index in [4.69, 9.17) is 9.47 Å². The van der Waals surface area contributed by atoms with Crippen molar-refractivity contribution in [2.24, 2.45) is 7.05 Å². The number of aryl methyl sites for hydroxylation is 1. The quantitative estimate of drug-likeness (QED) is 0.824. The van der Waals surface area contributed by atoms with Gasteiger partial charge in [0, 0.05) is 46.0 Å². The molecule has 2 fully saturated rings. The molecule has 1 spiro atoms. The molecule has 122 valence electrons. The normalized spacial score (nSPS) is 28.5. The molecule has 0 aromatic carbocycles. The molecule has 2 atom stereocenters. The molecule has 2 saturated heterocycles. The molecular weight excluding hydrogens is 284 g/mol. The highest BCUT2D eigenvalue weighted by Crippen LogP contribution is 2.36. The number of likely N-dealkylation sites (tertiary alicyclic amines) is 1. The van der Waals surface area contributed by atoms with Gasteiger partial charge >= 0.3 is 0 Å². The van der Waals surface area contributed by atoms with E-state index in [2.05, 4.69) is 19.8 Å². The van der Waals surface area contributed by atoms with Gasteiger partial charge in [-0.3, -0.25) is 9.69 Å². The number of imidazole rings is 1. The van der Waals surface area contributed by atoms with Gasteiger partial charge in [-0.25, -0.2) is 4.98 Å². The second-order valence-electron chi connectivity index (χ2n) is 6.22. The Morgan fingerprint density at radius 2 is 2.50 bits per heavy atom. The van der Waals surface area contributed by atoms with E-state index in [0.717, 1.165) is 38.3 Å². The third-order valence-corrected chi connectivity index (χ3v) is 4.59. The molecule has 1 aromatic rings. The van der Waals surface area contributed by atoms with E-state index in [1.54, 1.807) is 7.05 Å². The molecule has 22 heavy (non-hydrogen) atoms. The van der Waals surface area contributed by atoms with E-state index in [9.17, 15) is 4.79 Å². The first-order chi connectivity index (χ1) is 10.6. The lowest BCUT2D eigenvalue weighted by Crippen LogP contribution is -2.33. The zero-order valence-electron chi connectivity index (χ0n) is 13.2. The third kappa shape index (κ3) is 3.31. The molecule has 2 aliphatic heterocycles. The predicted molar refractivity (Wildman–Crippen MR) is 80.2 cm³/mol. The lowest BCUT2D eigenvalue weighted by molar-refractivity contribution is -0.127. The van der Waals surface area contributed by atoms with Gasteiger partial charge in [-0.15, -0.1) is 0 Å². The number of carbonyl (C=O) groups excluding carboxylic acids is 1. The number of nitrogens with one attached hydrogen (secondary N) is 1. The summed E-state index contributed by atoms with van der Waals surface area (Å²) in [5.74, 6) is 0.978. The average Bonchev–Trinajstić information content (AvgIpc) is 3.21. The maximum absolute atomic E-state index is 11.2. The topological polar surface area (TPSA) is 68.6 Å². The minimum Gasteiger partial charge on any atom is -0.371 e. The summed E-state index contributed by atoms with van der Waals surface area (Å²) in [6.45, 7) is 3.44. The van der Waals surface area contributed by atoms with Crippen molar-refractivity contribution in [3.8, 4) is 0 Å². The maximum atomic E-state index is 11.2. The highest BCUT2D eigenvalue weighted by molar-refractivity contribution is 5.76. The van der Waals surface area contributed by atoms with E-state index >= 15 is 0 Å². The van der Waals surface area contributed by atoms with Crippen LogP contribution in [0.5, 0.6) is 0 Å². The van der Waals surface area contributed by atoms with Crippen LogP contribution >= 0.6 is 0 Å². The standard InChI is InChI=1S/C15H24N4O3/c1-16-14(20)10-21-12-7-15(22-9-12)3-5-19(11-15)8-13-17-4-6-18(13)2/h4,6,12H,3,5,7-11H2,1-2H3,(H,16,20)/t12-,15-/m0/s1. The summed E-state index contributed by atoms with van der Waals surface area (Å²) in [6, 6.07) is 0. The first-order valence-corrected chi connectivity index (χ1v) is 7.75. The van der Waals surface area contributed by atoms with Gasteiger partial charge < -0.3 is 19.4 Å². The Bertz CT molecular complexity index is 533. The molecule has 7 nitrogen and oxygen atoms in total. The Kier molecular flexibility index (Phi) is 4.46. The fourth-order valence-corrected chi connectivity index (χ4v) is 3.27. The van der Waals surface area contributed by atoms with Crippen LogP contribution in [0.4, 0.5) is 0 Å². The van der Waals surface area contributed by atoms with Crippen LogP contribution in [0, 0.1) is 0 Å². The van der Waals surface area contributed by atoms with Gasteiger partial charge in [0.05, 0.1) is 24.9 Å². The van der Waals surface area contributed by atoms with E-state index in [1.807, 2.05) is 19.4 Å². The Morgan fingerprint density at radius 3 is 3.23 bits per heavy atom. The van der Waals surface area contributed by atoms with E-state index < -0.39 is 0 Å². The first-order valence-electron chi connectivity index (χ1n) is 7.75. The van der Waals surface area contributed by atoms with Crippen LogP contribution in [-0.4, -0.2) is 65.4 Å². The lowest BCUT2D eigenvalue weighted by atomic mass is 9.98. The van der Waals surface area contributed by atoms with Crippen molar-refractivity contribution in [1.82, 2.24) is 19.8 Å². The summed E-state index contributed by atoms with van der Waals surface area (Å²) in [6.07, 6.45) is 5.69. The molecule has 0 bridgehead atoms. The number of hydrogen-bond donors (Lipinski definition) is 1. The Morgan fingerprint density at radius 1 is 1.64 bits per heavy atom. The zero-order chi connectivity index (χ0) is 15.6. The second-order valence-corrected chi connectivity index (χ2v) is 6.22. The number of likely N-dealkylation sites (N-methyl/N-ethyl adjacent to an activating group) is 1. The van der Waals surface area contributed by atoms with E-state index in [-0.39, 0.29) is 24.2 Å². The van der Waals surface area contributed by atoms with Crippen molar-refractivity contribution in [2.45, 2.75) is 31.1 Å². The molecule has 1 N–H and O–H groups in total. The van der Waals surface area contributed by atoms with Crippen LogP contribution in [-0.2, 0) is 27.9 Å². The summed E-state index contributed by atoms with van der Waals surface area (Å²) in [5.41, 5.74) is -0.113. The van der Waals surface area contributed by atoms with Gasteiger partial charge in [0.25, 0.3) is 0 Å². The number of rotatable bonds is 5. The predicted octanol–water partition coefficient (Wildman–Crippen LogP) is -0.0839. The third-order valence-electron chi connectivity index (χ3n) is 4.59. The Labute approximate surface area is 130 Å². The van der Waals surface area contributed by atoms with Crippen LogP contribution in [0.3, 0.4) is 0 Å². The lowest BCUT2D eigenvalue weighted by Gasteiger charge is -2.23. The highest BCUT2D eigenvalue weighted by Gasteiger charge is 2.46. The molecule has 0 radical (unpaired) electrons. The summed E-state index contributed by atoms with van der Waals surface area (Å²) < 4.78 is 13.7. The summed E-state index contributed by atoms with van der Waals surface area (Å²) in [7, 11) is 3.63. The molecule has 0 aliphatic carbocycles. The fraction of sp³-hybridized carbons (Fsp3) is 0.733. The van der Waals surface area contributed by atoms with Crippen molar-refractivity contribution >= 4 is 5.91 Å². The molecule has 7 heteroatoms. The van der Waals surface area contributed by atoms with Gasteiger partial charge in [0.2, 0.25) is 5.91 Å². The van der Waals surface area contributed by atoms with Gasteiger partial charge in [-0.1, -0.05) is 0 Å². The van der Waals surface area contributed by atoms with Crippen molar-refractivity contribution in [1.29, 1.82) is 0 Å². The monoisotopic (exact) mass is 308 g/mol. The van der Waals surface area contributed by atoms with Gasteiger partial charge in [0.1, 0.15) is 12.4 Å². The van der Waals surface area contributed by atoms with Crippen LogP contribution in [0.15, 0.2) is 12.4 Å². The molecule has 2 aliphatic rings. The van der Waals surface area contributed by atoms with Crippen molar-refractivity contribution in [3.63, 3.8) is 0 Å². The molecule has 3 rings (SSSR count). The number of ether oxygens (including phenoxy) is 2. The first kappa shape index (κ1) is 15.5. The van der Waals surface area contributed by atoms with Crippen molar-refractivity contribution in [3.05, 3.63) is 18.2 Å². The second kappa shape index (κ2) is 6.36. The maximum Gasteiger partial charge on any atom is 0.245 e. The van der Waals surface area contributed by atoms with Gasteiger partial charge in [0.15, 0.2) is 0 Å². The Balaban J connectivity index is 1.50. The number of aromatic nitrogens is 2. The average molecular weight is 308 g/mol. The van der Waals surface area contributed by atoms with Gasteiger partial charge in [-0.05, 0) is 6.42 Å². The minimum absolute atomic E-state index is 0.0189. The summed E-state index contributed by atoms with van der Waals surface area (Å²) in [4.78, 5) is 18.0. The molecular formula is C15H24N4O3. The largest absolute Gasteiger partial charge is 0.371 e.